The van der Waals surface area contributed by atoms with Crippen LogP contribution in [-0.2, 0) is 21.2 Å². The molecule has 3 aromatic rings. The van der Waals surface area contributed by atoms with Gasteiger partial charge in [0, 0.05) is 29.6 Å². The maximum absolute atomic E-state index is 12.8. The van der Waals surface area contributed by atoms with E-state index in [1.54, 1.807) is 11.3 Å². The van der Waals surface area contributed by atoms with Crippen LogP contribution < -0.4 is 5.32 Å². The van der Waals surface area contributed by atoms with Crippen LogP contribution in [0.15, 0.2) is 47.8 Å². The molecule has 0 saturated carbocycles. The third-order valence-corrected chi connectivity index (χ3v) is 8.26. The lowest BCUT2D eigenvalue weighted by atomic mass is 10.1. The highest BCUT2D eigenvalue weighted by molar-refractivity contribution is 7.88. The Balaban J connectivity index is 1.52. The number of hydrogen-bond acceptors (Lipinski definition) is 6. The van der Waals surface area contributed by atoms with Crippen LogP contribution in [0.1, 0.15) is 17.7 Å². The van der Waals surface area contributed by atoms with E-state index in [1.165, 1.54) is 21.9 Å². The van der Waals surface area contributed by atoms with Crippen molar-refractivity contribution >= 4 is 38.6 Å². The van der Waals surface area contributed by atoms with E-state index in [1.807, 2.05) is 47.8 Å². The summed E-state index contributed by atoms with van der Waals surface area (Å²) in [5.41, 5.74) is 1.88. The summed E-state index contributed by atoms with van der Waals surface area (Å²) in [6, 6.07) is 13.8. The molecule has 0 bridgehead atoms. The van der Waals surface area contributed by atoms with Gasteiger partial charge in [-0.1, -0.05) is 36.4 Å². The Morgan fingerprint density at radius 3 is 2.73 bits per heavy atom. The fourth-order valence-corrected chi connectivity index (χ4v) is 6.36. The van der Waals surface area contributed by atoms with Crippen molar-refractivity contribution in [1.82, 2.24) is 14.6 Å². The summed E-state index contributed by atoms with van der Waals surface area (Å²) in [5, 5.41) is 5.92. The lowest BCUT2D eigenvalue weighted by Gasteiger charge is -2.31. The molecule has 0 spiro atoms. The quantitative estimate of drug-likeness (QED) is 0.608. The van der Waals surface area contributed by atoms with Crippen molar-refractivity contribution in [3.05, 3.63) is 52.7 Å². The summed E-state index contributed by atoms with van der Waals surface area (Å²) < 4.78 is 25.1. The maximum atomic E-state index is 12.8. The van der Waals surface area contributed by atoms with Gasteiger partial charge in [-0.2, -0.15) is 0 Å². The number of nitrogens with zero attached hydrogens (tertiary/aromatic N) is 2. The minimum absolute atomic E-state index is 0.101. The van der Waals surface area contributed by atoms with Gasteiger partial charge in [-0.15, -0.1) is 22.7 Å². The Labute approximate surface area is 184 Å². The first-order valence-corrected chi connectivity index (χ1v) is 13.3. The number of piperidine rings is 1. The molecular formula is C21H23N3O3S3. The molecule has 9 heteroatoms. The van der Waals surface area contributed by atoms with Gasteiger partial charge in [0.1, 0.15) is 5.01 Å². The van der Waals surface area contributed by atoms with Gasteiger partial charge >= 0.3 is 0 Å². The van der Waals surface area contributed by atoms with E-state index in [2.05, 4.69) is 5.32 Å². The third kappa shape index (κ3) is 4.97. The summed E-state index contributed by atoms with van der Waals surface area (Å²) in [5.74, 6) is -0.101. The summed E-state index contributed by atoms with van der Waals surface area (Å²) >= 11 is 3.14. The molecule has 1 fully saturated rings. The van der Waals surface area contributed by atoms with Crippen molar-refractivity contribution < 1.29 is 13.2 Å². The predicted molar refractivity (Wildman–Crippen MR) is 122 cm³/mol. The number of carbonyl (C=O) groups is 1. The van der Waals surface area contributed by atoms with E-state index < -0.39 is 10.0 Å². The van der Waals surface area contributed by atoms with Gasteiger partial charge in [-0.05, 0) is 24.3 Å². The Bertz CT molecular complexity index is 1110. The molecule has 1 aromatic carbocycles. The summed E-state index contributed by atoms with van der Waals surface area (Å²) in [7, 11) is -3.24. The molecule has 6 nitrogen and oxygen atoms in total. The van der Waals surface area contributed by atoms with Crippen molar-refractivity contribution in [1.29, 1.82) is 0 Å². The van der Waals surface area contributed by atoms with Gasteiger partial charge in [0.15, 0.2) is 0 Å². The van der Waals surface area contributed by atoms with E-state index >= 15 is 0 Å². The minimum Gasteiger partial charge on any atom is -0.352 e. The normalized spacial score (nSPS) is 17.7. The molecular weight excluding hydrogens is 438 g/mol. The molecule has 1 unspecified atom stereocenters. The highest BCUT2D eigenvalue weighted by Crippen LogP contribution is 2.36. The molecule has 158 valence electrons. The summed E-state index contributed by atoms with van der Waals surface area (Å²) in [6.07, 6.45) is 2.98. The predicted octanol–water partition coefficient (Wildman–Crippen LogP) is 3.62. The first kappa shape index (κ1) is 21.2. The second kappa shape index (κ2) is 8.97. The molecule has 4 rings (SSSR count). The summed E-state index contributed by atoms with van der Waals surface area (Å²) in [6.45, 7) is 0.851. The number of hydrogen-bond donors (Lipinski definition) is 1. The van der Waals surface area contributed by atoms with Crippen LogP contribution in [0.5, 0.6) is 0 Å². The lowest BCUT2D eigenvalue weighted by Crippen LogP contribution is -2.49. The smallest absolute Gasteiger partial charge is 0.225 e. The standard InChI is InChI=1S/C21H23N3O3S3/c1-30(26,27)24-11-5-9-16(14-24)22-19(25)13-18-20(17-10-6-12-28-17)23-21(29-18)15-7-3-2-4-8-15/h2-4,6-8,10,12,16H,5,9,11,13-14H2,1H3,(H,22,25). The zero-order valence-corrected chi connectivity index (χ0v) is 19.0. The molecule has 2 aromatic heterocycles. The van der Waals surface area contributed by atoms with Crippen molar-refractivity contribution in [3.8, 4) is 21.1 Å². The zero-order chi connectivity index (χ0) is 21.1. The minimum atomic E-state index is -3.24. The van der Waals surface area contributed by atoms with Crippen LogP contribution in [0, 0.1) is 0 Å². The van der Waals surface area contributed by atoms with Crippen LogP contribution in [0.4, 0.5) is 0 Å². The highest BCUT2D eigenvalue weighted by atomic mass is 32.2. The molecule has 1 N–H and O–H groups in total. The van der Waals surface area contributed by atoms with E-state index in [-0.39, 0.29) is 18.4 Å². The van der Waals surface area contributed by atoms with Gasteiger partial charge in [0.2, 0.25) is 15.9 Å². The number of carbonyl (C=O) groups excluding carboxylic acids is 1. The Hall–Kier alpha value is -2.07. The molecule has 1 saturated heterocycles. The number of rotatable bonds is 6. The van der Waals surface area contributed by atoms with Crippen LogP contribution in [-0.4, -0.2) is 49.0 Å². The molecule has 0 aliphatic carbocycles. The fraction of sp³-hybridized carbons (Fsp3) is 0.333. The van der Waals surface area contributed by atoms with Crippen molar-refractivity contribution in [2.24, 2.45) is 0 Å². The molecule has 3 heterocycles. The fourth-order valence-electron chi connectivity index (χ4n) is 3.57. The average molecular weight is 462 g/mol. The monoisotopic (exact) mass is 461 g/mol. The zero-order valence-electron chi connectivity index (χ0n) is 16.6. The highest BCUT2D eigenvalue weighted by Gasteiger charge is 2.27. The van der Waals surface area contributed by atoms with Gasteiger partial charge in [0.25, 0.3) is 0 Å². The Kier molecular flexibility index (Phi) is 6.33. The van der Waals surface area contributed by atoms with Gasteiger partial charge in [-0.25, -0.2) is 17.7 Å². The lowest BCUT2D eigenvalue weighted by molar-refractivity contribution is -0.121. The molecule has 0 radical (unpaired) electrons. The average Bonchev–Trinajstić information content (AvgIpc) is 3.38. The number of thiazole rings is 1. The SMILES string of the molecule is CS(=O)(=O)N1CCCC(NC(=O)Cc2sc(-c3ccccc3)nc2-c2cccs2)C1. The second-order valence-corrected chi connectivity index (χ2v) is 11.4. The molecule has 30 heavy (non-hydrogen) atoms. The van der Waals surface area contributed by atoms with Crippen molar-refractivity contribution in [2.75, 3.05) is 19.3 Å². The Morgan fingerprint density at radius 2 is 2.03 bits per heavy atom. The number of nitrogens with one attached hydrogen (secondary N) is 1. The van der Waals surface area contributed by atoms with Gasteiger partial charge in [0.05, 0.1) is 23.2 Å². The number of aromatic nitrogens is 1. The number of sulfonamides is 1. The van der Waals surface area contributed by atoms with Gasteiger partial charge < -0.3 is 5.32 Å². The summed E-state index contributed by atoms with van der Waals surface area (Å²) in [4.78, 5) is 19.6. The largest absolute Gasteiger partial charge is 0.352 e. The van der Waals surface area contributed by atoms with Gasteiger partial charge in [-0.3, -0.25) is 4.79 Å². The van der Waals surface area contributed by atoms with E-state index in [9.17, 15) is 13.2 Å². The van der Waals surface area contributed by atoms with Crippen LogP contribution in [0.2, 0.25) is 0 Å². The number of benzene rings is 1. The van der Waals surface area contributed by atoms with Crippen LogP contribution in [0.25, 0.3) is 21.1 Å². The molecule has 1 aliphatic heterocycles. The van der Waals surface area contributed by atoms with E-state index in [0.29, 0.717) is 13.1 Å². The van der Waals surface area contributed by atoms with Crippen molar-refractivity contribution in [3.63, 3.8) is 0 Å². The maximum Gasteiger partial charge on any atom is 0.225 e. The molecule has 1 amide bonds. The topological polar surface area (TPSA) is 79.4 Å². The van der Waals surface area contributed by atoms with Crippen molar-refractivity contribution in [2.45, 2.75) is 25.3 Å². The molecule has 1 aliphatic rings. The van der Waals surface area contributed by atoms with Crippen LogP contribution in [0.3, 0.4) is 0 Å². The first-order valence-electron chi connectivity index (χ1n) is 9.73. The van der Waals surface area contributed by atoms with Crippen LogP contribution >= 0.6 is 22.7 Å². The Morgan fingerprint density at radius 1 is 1.23 bits per heavy atom. The van der Waals surface area contributed by atoms with E-state index in [4.69, 9.17) is 4.98 Å². The third-order valence-electron chi connectivity index (χ3n) is 5.01. The first-order chi connectivity index (χ1) is 14.4. The van der Waals surface area contributed by atoms with E-state index in [0.717, 1.165) is 38.9 Å². The number of amides is 1. The molecule has 1 atom stereocenters. The number of thiophene rings is 1. The second-order valence-electron chi connectivity index (χ2n) is 7.34.